The van der Waals surface area contributed by atoms with Crippen LogP contribution in [0.1, 0.15) is 13.3 Å². The van der Waals surface area contributed by atoms with Gasteiger partial charge in [0.15, 0.2) is 0 Å². The Bertz CT molecular complexity index is 425. The number of benzene rings is 1. The predicted molar refractivity (Wildman–Crippen MR) is 68.0 cm³/mol. The van der Waals surface area contributed by atoms with Crippen molar-refractivity contribution >= 4 is 21.6 Å². The summed E-state index contributed by atoms with van der Waals surface area (Å²) in [6, 6.07) is 2.57. The van der Waals surface area contributed by atoms with Crippen LogP contribution in [0.4, 0.5) is 14.5 Å². The Labute approximate surface area is 108 Å². The standard InChI is InChI=1S/C12H15BrF2N2/c1-7-6-17(3-2-11(7)16)12-4-8(13)9(14)5-10(12)15/h4-5,7,11H,2-3,6,16H2,1H3. The molecule has 0 radical (unpaired) electrons. The summed E-state index contributed by atoms with van der Waals surface area (Å²) in [4.78, 5) is 1.92. The molecule has 2 atom stereocenters. The summed E-state index contributed by atoms with van der Waals surface area (Å²) in [5.41, 5.74) is 6.36. The van der Waals surface area contributed by atoms with Gasteiger partial charge in [0.2, 0.25) is 0 Å². The van der Waals surface area contributed by atoms with Crippen molar-refractivity contribution in [3.8, 4) is 0 Å². The van der Waals surface area contributed by atoms with Crippen LogP contribution in [0.15, 0.2) is 16.6 Å². The Morgan fingerprint density at radius 3 is 2.71 bits per heavy atom. The third-order valence-corrected chi connectivity index (χ3v) is 3.91. The monoisotopic (exact) mass is 304 g/mol. The van der Waals surface area contributed by atoms with Crippen LogP contribution in [0.2, 0.25) is 0 Å². The Kier molecular flexibility index (Phi) is 3.68. The molecule has 2 N–H and O–H groups in total. The van der Waals surface area contributed by atoms with E-state index in [0.29, 0.717) is 24.7 Å². The second-order valence-electron chi connectivity index (χ2n) is 4.59. The fourth-order valence-corrected chi connectivity index (χ4v) is 2.47. The van der Waals surface area contributed by atoms with Crippen molar-refractivity contribution in [3.63, 3.8) is 0 Å². The molecule has 1 saturated heterocycles. The van der Waals surface area contributed by atoms with Crippen LogP contribution in [-0.4, -0.2) is 19.1 Å². The van der Waals surface area contributed by atoms with Gasteiger partial charge in [-0.05, 0) is 34.3 Å². The van der Waals surface area contributed by atoms with E-state index in [-0.39, 0.29) is 10.5 Å². The lowest BCUT2D eigenvalue weighted by atomic mass is 9.94. The van der Waals surface area contributed by atoms with Gasteiger partial charge in [-0.15, -0.1) is 0 Å². The second-order valence-corrected chi connectivity index (χ2v) is 5.45. The van der Waals surface area contributed by atoms with E-state index >= 15 is 0 Å². The highest BCUT2D eigenvalue weighted by Gasteiger charge is 2.25. The number of hydrogen-bond donors (Lipinski definition) is 1. The summed E-state index contributed by atoms with van der Waals surface area (Å²) in [6.07, 6.45) is 0.829. The van der Waals surface area contributed by atoms with Gasteiger partial charge >= 0.3 is 0 Å². The number of anilines is 1. The highest BCUT2D eigenvalue weighted by atomic mass is 79.9. The molecule has 0 amide bonds. The molecule has 17 heavy (non-hydrogen) atoms. The van der Waals surface area contributed by atoms with E-state index in [4.69, 9.17) is 5.73 Å². The SMILES string of the molecule is CC1CN(c2cc(Br)c(F)cc2F)CCC1N. The lowest BCUT2D eigenvalue weighted by Gasteiger charge is -2.36. The van der Waals surface area contributed by atoms with Gasteiger partial charge in [-0.2, -0.15) is 0 Å². The Morgan fingerprint density at radius 2 is 2.06 bits per heavy atom. The first-order valence-electron chi connectivity index (χ1n) is 5.64. The van der Waals surface area contributed by atoms with Crippen molar-refractivity contribution in [2.24, 2.45) is 11.7 Å². The van der Waals surface area contributed by atoms with E-state index in [9.17, 15) is 8.78 Å². The summed E-state index contributed by atoms with van der Waals surface area (Å²) in [6.45, 7) is 3.46. The molecular formula is C12H15BrF2N2. The Hall–Kier alpha value is -0.680. The zero-order chi connectivity index (χ0) is 12.6. The fraction of sp³-hybridized carbons (Fsp3) is 0.500. The fourth-order valence-electron chi connectivity index (χ4n) is 2.14. The number of hydrogen-bond acceptors (Lipinski definition) is 2. The van der Waals surface area contributed by atoms with E-state index in [2.05, 4.69) is 15.9 Å². The zero-order valence-electron chi connectivity index (χ0n) is 9.59. The van der Waals surface area contributed by atoms with Gasteiger partial charge in [-0.25, -0.2) is 8.78 Å². The van der Waals surface area contributed by atoms with Gasteiger partial charge in [0.05, 0.1) is 10.2 Å². The van der Waals surface area contributed by atoms with E-state index in [1.807, 2.05) is 11.8 Å². The maximum Gasteiger partial charge on any atom is 0.149 e. The molecule has 0 aromatic heterocycles. The minimum atomic E-state index is -0.576. The van der Waals surface area contributed by atoms with E-state index in [0.717, 1.165) is 12.5 Å². The lowest BCUT2D eigenvalue weighted by molar-refractivity contribution is 0.380. The van der Waals surface area contributed by atoms with Crippen LogP contribution in [0.5, 0.6) is 0 Å². The summed E-state index contributed by atoms with van der Waals surface area (Å²) in [7, 11) is 0. The normalized spacial score (nSPS) is 25.1. The quantitative estimate of drug-likeness (QED) is 0.808. The maximum absolute atomic E-state index is 13.7. The summed E-state index contributed by atoms with van der Waals surface area (Å²) >= 11 is 3.08. The number of piperidine rings is 1. The van der Waals surface area contributed by atoms with Crippen molar-refractivity contribution in [1.82, 2.24) is 0 Å². The van der Waals surface area contributed by atoms with Crippen LogP contribution in [-0.2, 0) is 0 Å². The molecule has 1 aromatic rings. The third kappa shape index (κ3) is 2.60. The molecule has 1 aliphatic heterocycles. The Balaban J connectivity index is 2.26. The van der Waals surface area contributed by atoms with Crippen LogP contribution in [0.3, 0.4) is 0 Å². The lowest BCUT2D eigenvalue weighted by Crippen LogP contribution is -2.46. The first-order valence-corrected chi connectivity index (χ1v) is 6.43. The highest BCUT2D eigenvalue weighted by molar-refractivity contribution is 9.10. The molecule has 1 aromatic carbocycles. The maximum atomic E-state index is 13.7. The van der Waals surface area contributed by atoms with E-state index < -0.39 is 11.6 Å². The highest BCUT2D eigenvalue weighted by Crippen LogP contribution is 2.29. The van der Waals surface area contributed by atoms with E-state index in [1.165, 1.54) is 6.07 Å². The second kappa shape index (κ2) is 4.90. The first-order chi connectivity index (χ1) is 7.99. The van der Waals surface area contributed by atoms with Gasteiger partial charge < -0.3 is 10.6 Å². The number of halogens is 3. The van der Waals surface area contributed by atoms with Crippen LogP contribution in [0, 0.1) is 17.6 Å². The average molecular weight is 305 g/mol. The van der Waals surface area contributed by atoms with E-state index in [1.54, 1.807) is 0 Å². The average Bonchev–Trinajstić information content (AvgIpc) is 2.27. The third-order valence-electron chi connectivity index (χ3n) is 3.30. The summed E-state index contributed by atoms with van der Waals surface area (Å²) in [5.74, 6) is -0.784. The molecule has 0 aliphatic carbocycles. The molecule has 1 aliphatic rings. The van der Waals surface area contributed by atoms with Gasteiger partial charge in [-0.1, -0.05) is 6.92 Å². The van der Waals surface area contributed by atoms with Gasteiger partial charge in [0.1, 0.15) is 11.6 Å². The number of nitrogens with zero attached hydrogens (tertiary/aromatic N) is 1. The summed E-state index contributed by atoms with van der Waals surface area (Å²) in [5, 5.41) is 0. The van der Waals surface area contributed by atoms with Gasteiger partial charge in [0.25, 0.3) is 0 Å². The summed E-state index contributed by atoms with van der Waals surface area (Å²) < 4.78 is 27.1. The zero-order valence-corrected chi connectivity index (χ0v) is 11.2. The number of nitrogens with two attached hydrogens (primary N) is 1. The molecule has 1 fully saturated rings. The van der Waals surface area contributed by atoms with Crippen LogP contribution in [0.25, 0.3) is 0 Å². The molecule has 1 heterocycles. The van der Waals surface area contributed by atoms with Crippen molar-refractivity contribution in [1.29, 1.82) is 0 Å². The molecular weight excluding hydrogens is 290 g/mol. The largest absolute Gasteiger partial charge is 0.369 e. The molecule has 0 bridgehead atoms. The topological polar surface area (TPSA) is 29.3 Å². The minimum absolute atomic E-state index is 0.165. The van der Waals surface area contributed by atoms with Gasteiger partial charge in [-0.3, -0.25) is 0 Å². The van der Waals surface area contributed by atoms with Crippen LogP contribution >= 0.6 is 15.9 Å². The van der Waals surface area contributed by atoms with Crippen molar-refractivity contribution in [3.05, 3.63) is 28.2 Å². The molecule has 94 valence electrons. The van der Waals surface area contributed by atoms with Crippen molar-refractivity contribution < 1.29 is 8.78 Å². The smallest absolute Gasteiger partial charge is 0.149 e. The molecule has 0 saturated carbocycles. The molecule has 0 spiro atoms. The van der Waals surface area contributed by atoms with Crippen molar-refractivity contribution in [2.75, 3.05) is 18.0 Å². The Morgan fingerprint density at radius 1 is 1.35 bits per heavy atom. The predicted octanol–water partition coefficient (Wildman–Crippen LogP) is 2.90. The molecule has 2 rings (SSSR count). The molecule has 5 heteroatoms. The van der Waals surface area contributed by atoms with Gasteiger partial charge in [0, 0.05) is 25.2 Å². The molecule has 2 unspecified atom stereocenters. The van der Waals surface area contributed by atoms with Crippen LogP contribution < -0.4 is 10.6 Å². The number of rotatable bonds is 1. The minimum Gasteiger partial charge on any atom is -0.369 e. The van der Waals surface area contributed by atoms with Crippen molar-refractivity contribution in [2.45, 2.75) is 19.4 Å². The molecule has 2 nitrogen and oxygen atoms in total. The first kappa shape index (κ1) is 12.8.